The number of ether oxygens (including phenoxy) is 3. The third-order valence-corrected chi connectivity index (χ3v) is 4.05. The summed E-state index contributed by atoms with van der Waals surface area (Å²) in [6.07, 6.45) is 0. The van der Waals surface area contributed by atoms with Crippen LogP contribution in [0.4, 0.5) is 0 Å². The van der Waals surface area contributed by atoms with Gasteiger partial charge in [-0.3, -0.25) is 4.79 Å². The molecule has 0 radical (unpaired) electrons. The molecule has 140 valence electrons. The largest absolute Gasteiger partial charge is 0.496 e. The molecule has 1 N–H and O–H groups in total. The predicted molar refractivity (Wildman–Crippen MR) is 101 cm³/mol. The average Bonchev–Trinajstić information content (AvgIpc) is 2.66. The number of hydrogen-bond donors (Lipinski definition) is 1. The number of benzene rings is 2. The van der Waals surface area contributed by atoms with E-state index in [9.17, 15) is 4.79 Å². The second kappa shape index (κ2) is 10.7. The Balaban J connectivity index is 1.95. The number of hydrogen-bond acceptors (Lipinski definition) is 5. The maximum Gasteiger partial charge on any atom is 0.177 e. The Kier molecular flexibility index (Phi) is 8.28. The lowest BCUT2D eigenvalue weighted by Crippen LogP contribution is -2.42. The van der Waals surface area contributed by atoms with Crippen LogP contribution in [0.2, 0.25) is 0 Å². The molecular formula is C21H27NO4. The minimum Gasteiger partial charge on any atom is -0.496 e. The Morgan fingerprint density at radius 1 is 1.12 bits per heavy atom. The predicted octanol–water partition coefficient (Wildman–Crippen LogP) is 2.89. The van der Waals surface area contributed by atoms with E-state index in [4.69, 9.17) is 14.2 Å². The third kappa shape index (κ3) is 6.26. The van der Waals surface area contributed by atoms with Crippen molar-refractivity contribution in [1.82, 2.24) is 5.32 Å². The molecule has 0 aliphatic carbocycles. The fraction of sp³-hybridized carbons (Fsp3) is 0.381. The van der Waals surface area contributed by atoms with E-state index in [1.807, 2.05) is 55.5 Å². The molecule has 1 atom stereocenters. The highest BCUT2D eigenvalue weighted by molar-refractivity contribution is 5.85. The second-order valence-corrected chi connectivity index (χ2v) is 6.15. The van der Waals surface area contributed by atoms with Crippen LogP contribution in [0.3, 0.4) is 0 Å². The first-order chi connectivity index (χ1) is 12.6. The zero-order valence-electron chi connectivity index (χ0n) is 15.7. The fourth-order valence-electron chi connectivity index (χ4n) is 2.61. The number of Topliss-reactive ketones (excluding diaryl/α,β-unsaturated/α-hetero) is 1. The Morgan fingerprint density at radius 2 is 1.88 bits per heavy atom. The summed E-state index contributed by atoms with van der Waals surface area (Å²) in [5.74, 6) is 0.771. The zero-order valence-corrected chi connectivity index (χ0v) is 15.7. The van der Waals surface area contributed by atoms with Crippen LogP contribution in [0.15, 0.2) is 48.5 Å². The van der Waals surface area contributed by atoms with E-state index in [1.54, 1.807) is 7.11 Å². The van der Waals surface area contributed by atoms with Crippen molar-refractivity contribution in [2.24, 2.45) is 0 Å². The third-order valence-electron chi connectivity index (χ3n) is 4.05. The molecule has 0 unspecified atom stereocenters. The second-order valence-electron chi connectivity index (χ2n) is 6.15. The number of methoxy groups -OCH3 is 2. The molecule has 0 amide bonds. The summed E-state index contributed by atoms with van der Waals surface area (Å²) in [5.41, 5.74) is 3.20. The van der Waals surface area contributed by atoms with E-state index in [0.717, 1.165) is 22.4 Å². The maximum absolute atomic E-state index is 12.3. The first kappa shape index (κ1) is 20.1. The number of aryl methyl sites for hydroxylation is 1. The molecular weight excluding hydrogens is 330 g/mol. The van der Waals surface area contributed by atoms with Crippen molar-refractivity contribution in [2.75, 3.05) is 27.4 Å². The molecule has 26 heavy (non-hydrogen) atoms. The van der Waals surface area contributed by atoms with E-state index in [2.05, 4.69) is 5.32 Å². The van der Waals surface area contributed by atoms with Crippen molar-refractivity contribution in [1.29, 1.82) is 0 Å². The molecule has 0 heterocycles. The fourth-order valence-corrected chi connectivity index (χ4v) is 2.61. The summed E-state index contributed by atoms with van der Waals surface area (Å²) in [5, 5.41) is 3.27. The summed E-state index contributed by atoms with van der Waals surface area (Å²) < 4.78 is 16.2. The van der Waals surface area contributed by atoms with Gasteiger partial charge in [0.2, 0.25) is 0 Å². The van der Waals surface area contributed by atoms with E-state index in [1.165, 1.54) is 7.11 Å². The monoisotopic (exact) mass is 357 g/mol. The smallest absolute Gasteiger partial charge is 0.177 e. The lowest BCUT2D eigenvalue weighted by atomic mass is 10.1. The van der Waals surface area contributed by atoms with E-state index in [0.29, 0.717) is 13.2 Å². The lowest BCUT2D eigenvalue weighted by Gasteiger charge is -2.19. The zero-order chi connectivity index (χ0) is 18.8. The number of ketones is 1. The van der Waals surface area contributed by atoms with Gasteiger partial charge in [0.05, 0.1) is 26.4 Å². The van der Waals surface area contributed by atoms with Gasteiger partial charge in [0.15, 0.2) is 5.78 Å². The van der Waals surface area contributed by atoms with Gasteiger partial charge in [-0.05, 0) is 24.1 Å². The van der Waals surface area contributed by atoms with E-state index >= 15 is 0 Å². The van der Waals surface area contributed by atoms with Crippen LogP contribution in [-0.4, -0.2) is 39.3 Å². The summed E-state index contributed by atoms with van der Waals surface area (Å²) >= 11 is 0. The molecule has 0 saturated heterocycles. The molecule has 0 bridgehead atoms. The van der Waals surface area contributed by atoms with Gasteiger partial charge in [0.1, 0.15) is 12.4 Å². The van der Waals surface area contributed by atoms with Gasteiger partial charge in [-0.25, -0.2) is 0 Å². The highest BCUT2D eigenvalue weighted by Crippen LogP contribution is 2.19. The summed E-state index contributed by atoms with van der Waals surface area (Å²) in [6, 6.07) is 15.5. The van der Waals surface area contributed by atoms with E-state index < -0.39 is 6.04 Å². The SMILES string of the molecule is COCC(=O)[C@H](COCc1ccccc1)NCc1ccc(C)cc1OC. The molecule has 0 aliphatic heterocycles. The molecule has 0 spiro atoms. The highest BCUT2D eigenvalue weighted by Gasteiger charge is 2.18. The standard InChI is InChI=1S/C21H27NO4/c1-16-9-10-18(21(11-16)25-3)12-22-19(20(23)15-24-2)14-26-13-17-7-5-4-6-8-17/h4-11,19,22H,12-15H2,1-3H3/t19-/m0/s1. The van der Waals surface area contributed by atoms with Gasteiger partial charge in [-0.1, -0.05) is 42.5 Å². The van der Waals surface area contributed by atoms with Crippen molar-refractivity contribution in [3.05, 3.63) is 65.2 Å². The van der Waals surface area contributed by atoms with Gasteiger partial charge in [0, 0.05) is 19.2 Å². The van der Waals surface area contributed by atoms with Gasteiger partial charge in [-0.15, -0.1) is 0 Å². The Morgan fingerprint density at radius 3 is 2.58 bits per heavy atom. The van der Waals surface area contributed by atoms with Gasteiger partial charge < -0.3 is 19.5 Å². The first-order valence-electron chi connectivity index (χ1n) is 8.64. The highest BCUT2D eigenvalue weighted by atomic mass is 16.5. The first-order valence-corrected chi connectivity index (χ1v) is 8.64. The van der Waals surface area contributed by atoms with Crippen LogP contribution in [0.1, 0.15) is 16.7 Å². The number of rotatable bonds is 11. The van der Waals surface area contributed by atoms with Crippen LogP contribution in [0.5, 0.6) is 5.75 Å². The Labute approximate surface area is 155 Å². The van der Waals surface area contributed by atoms with Crippen molar-refractivity contribution in [3.8, 4) is 5.75 Å². The van der Waals surface area contributed by atoms with Crippen LogP contribution in [0, 0.1) is 6.92 Å². The van der Waals surface area contributed by atoms with Crippen molar-refractivity contribution in [2.45, 2.75) is 26.1 Å². The lowest BCUT2D eigenvalue weighted by molar-refractivity contribution is -0.126. The maximum atomic E-state index is 12.3. The molecule has 2 aromatic carbocycles. The Bertz CT molecular complexity index is 688. The van der Waals surface area contributed by atoms with Crippen LogP contribution in [0.25, 0.3) is 0 Å². The molecule has 0 aromatic heterocycles. The van der Waals surface area contributed by atoms with Crippen molar-refractivity contribution >= 4 is 5.78 Å². The number of nitrogens with one attached hydrogen (secondary N) is 1. The minimum atomic E-state index is -0.440. The molecule has 2 aromatic rings. The van der Waals surface area contributed by atoms with Crippen LogP contribution < -0.4 is 10.1 Å². The summed E-state index contributed by atoms with van der Waals surface area (Å²) in [7, 11) is 3.16. The molecule has 0 fully saturated rings. The average molecular weight is 357 g/mol. The molecule has 0 saturated carbocycles. The van der Waals surface area contributed by atoms with Gasteiger partial charge in [-0.2, -0.15) is 0 Å². The molecule has 5 heteroatoms. The van der Waals surface area contributed by atoms with Crippen LogP contribution >= 0.6 is 0 Å². The quantitative estimate of drug-likeness (QED) is 0.670. The Hall–Kier alpha value is -2.21. The minimum absolute atomic E-state index is 0.0355. The van der Waals surface area contributed by atoms with Gasteiger partial charge >= 0.3 is 0 Å². The van der Waals surface area contributed by atoms with Crippen LogP contribution in [-0.2, 0) is 27.4 Å². The number of carbonyl (C=O) groups is 1. The van der Waals surface area contributed by atoms with E-state index in [-0.39, 0.29) is 19.0 Å². The summed E-state index contributed by atoms with van der Waals surface area (Å²) in [6.45, 7) is 3.33. The van der Waals surface area contributed by atoms with Crippen molar-refractivity contribution < 1.29 is 19.0 Å². The molecule has 2 rings (SSSR count). The van der Waals surface area contributed by atoms with Crippen molar-refractivity contribution in [3.63, 3.8) is 0 Å². The number of carbonyl (C=O) groups excluding carboxylic acids is 1. The molecule has 5 nitrogen and oxygen atoms in total. The normalized spacial score (nSPS) is 12.0. The topological polar surface area (TPSA) is 56.8 Å². The van der Waals surface area contributed by atoms with Gasteiger partial charge in [0.25, 0.3) is 0 Å². The summed E-state index contributed by atoms with van der Waals surface area (Å²) in [4.78, 5) is 12.3. The molecule has 0 aliphatic rings.